The van der Waals surface area contributed by atoms with Crippen LogP contribution in [-0.4, -0.2) is 58.4 Å². The number of rotatable bonds is 7. The number of nitrogens with zero attached hydrogens (tertiary/aromatic N) is 1. The summed E-state index contributed by atoms with van der Waals surface area (Å²) in [5.41, 5.74) is 7.31. The van der Waals surface area contributed by atoms with Crippen LogP contribution < -0.4 is 10.6 Å². The molecule has 1 aromatic carbocycles. The molecule has 1 fully saturated rings. The summed E-state index contributed by atoms with van der Waals surface area (Å²) >= 11 is 5.95. The largest absolute Gasteiger partial charge is 0.698 e. The zero-order valence-corrected chi connectivity index (χ0v) is 22.9. The molecule has 4 N–H and O–H groups in total. The Morgan fingerprint density at radius 3 is 2.42 bits per heavy atom. The predicted octanol–water partition coefficient (Wildman–Crippen LogP) is 3.14. The molecule has 0 bridgehead atoms. The van der Waals surface area contributed by atoms with E-state index in [-0.39, 0.29) is 61.3 Å². The van der Waals surface area contributed by atoms with E-state index in [1.807, 2.05) is 20.8 Å². The van der Waals surface area contributed by atoms with Crippen molar-refractivity contribution < 1.29 is 57.0 Å². The second-order valence-electron chi connectivity index (χ2n) is 9.16. The first-order chi connectivity index (χ1) is 14.8. The van der Waals surface area contributed by atoms with Crippen molar-refractivity contribution >= 4 is 41.0 Å². The summed E-state index contributed by atoms with van der Waals surface area (Å²) in [6.45, 7) is 7.41. The number of amides is 3. The Hall–Kier alpha value is -1.71. The molecule has 1 aromatic rings. The Balaban J connectivity index is 0.00000544. The van der Waals surface area contributed by atoms with Gasteiger partial charge in [-0.2, -0.15) is 0 Å². The Kier molecular flexibility index (Phi) is 10.8. The van der Waals surface area contributed by atoms with Crippen LogP contribution in [-0.2, 0) is 47.1 Å². The van der Waals surface area contributed by atoms with Gasteiger partial charge in [-0.05, 0) is 31.2 Å². The maximum atomic E-state index is 13.4. The van der Waals surface area contributed by atoms with Crippen molar-refractivity contribution in [1.82, 2.24) is 15.5 Å². The van der Waals surface area contributed by atoms with Crippen molar-refractivity contribution in [3.8, 4) is 0 Å². The number of carbonyl (C=O) groups is 4. The van der Waals surface area contributed by atoms with Crippen LogP contribution >= 0.6 is 11.6 Å². The van der Waals surface area contributed by atoms with Gasteiger partial charge in [-0.25, -0.2) is 0 Å². The maximum Gasteiger partial charge on any atom is 0.305 e. The van der Waals surface area contributed by atoms with E-state index >= 15 is 0 Å². The Bertz CT molecular complexity index is 905. The van der Waals surface area contributed by atoms with Gasteiger partial charge in [0.2, 0.25) is 11.8 Å². The molecule has 1 saturated heterocycles. The monoisotopic (exact) mass is 554 g/mol. The van der Waals surface area contributed by atoms with Crippen molar-refractivity contribution in [2.75, 3.05) is 6.54 Å². The van der Waals surface area contributed by atoms with Crippen LogP contribution in [0.4, 0.5) is 5.69 Å². The first kappa shape index (κ1) is 29.3. The second kappa shape index (κ2) is 12.1. The second-order valence-corrected chi connectivity index (χ2v) is 9.57. The molecule has 0 aromatic heterocycles. The smallest absolute Gasteiger partial charge is 0.305 e. The van der Waals surface area contributed by atoms with Crippen LogP contribution in [0, 0.1) is 5.41 Å². The summed E-state index contributed by atoms with van der Waals surface area (Å²) < 4.78 is 0. The zero-order chi connectivity index (χ0) is 24.2. The van der Waals surface area contributed by atoms with Gasteiger partial charge in [-0.15, -0.1) is 5.69 Å². The van der Waals surface area contributed by atoms with Gasteiger partial charge in [0.15, 0.2) is 0 Å². The molecule has 11 heteroatoms. The van der Waals surface area contributed by atoms with Crippen LogP contribution in [0.2, 0.25) is 5.02 Å². The number of carbonyl (C=O) groups excluding carboxylic acids is 3. The Morgan fingerprint density at radius 2 is 1.88 bits per heavy atom. The van der Waals surface area contributed by atoms with E-state index in [1.54, 1.807) is 6.92 Å². The number of nitrogens with one attached hydrogen (secondary N) is 3. The fourth-order valence-electron chi connectivity index (χ4n) is 3.64. The number of hydrogen-bond donors (Lipinski definition) is 3. The first-order valence-electron chi connectivity index (χ1n) is 10.5. The normalized spacial score (nSPS) is 17.5. The van der Waals surface area contributed by atoms with Gasteiger partial charge in [0, 0.05) is 55.9 Å². The molecule has 3 atom stereocenters. The number of hydrogen-bond acceptors (Lipinski definition) is 4. The van der Waals surface area contributed by atoms with Crippen LogP contribution in [0.15, 0.2) is 18.2 Å². The van der Waals surface area contributed by atoms with Gasteiger partial charge in [0.25, 0.3) is 5.91 Å². The summed E-state index contributed by atoms with van der Waals surface area (Å²) in [5.74, 6) is -2.30. The first-order valence-corrected chi connectivity index (χ1v) is 10.8. The van der Waals surface area contributed by atoms with E-state index in [1.165, 1.54) is 23.1 Å². The molecule has 0 spiro atoms. The van der Waals surface area contributed by atoms with Crippen LogP contribution in [0.25, 0.3) is 5.73 Å². The van der Waals surface area contributed by atoms with Gasteiger partial charge in [-0.3, -0.25) is 19.2 Å². The minimum atomic E-state index is -1.02. The number of halogens is 1. The van der Waals surface area contributed by atoms with Gasteiger partial charge < -0.3 is 26.4 Å². The van der Waals surface area contributed by atoms with Crippen LogP contribution in [0.1, 0.15) is 57.3 Å². The summed E-state index contributed by atoms with van der Waals surface area (Å²) in [4.78, 5) is 51.3. The molecule has 33 heavy (non-hydrogen) atoms. The third-order valence-electron chi connectivity index (χ3n) is 5.33. The fraction of sp³-hybridized carbons (Fsp3) is 0.545. The van der Waals surface area contributed by atoms with Gasteiger partial charge >= 0.3 is 5.97 Å². The van der Waals surface area contributed by atoms with Crippen molar-refractivity contribution in [2.24, 2.45) is 5.41 Å². The van der Waals surface area contributed by atoms with Gasteiger partial charge in [0.05, 0.1) is 6.42 Å². The van der Waals surface area contributed by atoms with Crippen molar-refractivity contribution in [1.29, 1.82) is 0 Å². The molecule has 179 valence electrons. The zero-order valence-electron chi connectivity index (χ0n) is 19.3. The molecule has 0 unspecified atom stereocenters. The molecule has 1 heterocycles. The minimum absolute atomic E-state index is 0. The Labute approximate surface area is 224 Å². The van der Waals surface area contributed by atoms with E-state index in [2.05, 4.69) is 10.6 Å². The van der Waals surface area contributed by atoms with Crippen molar-refractivity contribution in [3.05, 3.63) is 34.5 Å². The third-order valence-corrected chi connectivity index (χ3v) is 5.64. The summed E-state index contributed by atoms with van der Waals surface area (Å²) in [5, 5.41) is 14.5. The number of benzene rings is 1. The van der Waals surface area contributed by atoms with E-state index in [0.717, 1.165) is 0 Å². The van der Waals surface area contributed by atoms with E-state index in [4.69, 9.17) is 22.4 Å². The molecular formula is C22H30ClN4O5Y-. The van der Waals surface area contributed by atoms with Crippen LogP contribution in [0.5, 0.6) is 0 Å². The van der Waals surface area contributed by atoms with E-state index in [9.17, 15) is 19.2 Å². The summed E-state index contributed by atoms with van der Waals surface area (Å²) in [7, 11) is 0. The number of carboxylic acids is 1. The molecule has 1 aliphatic rings. The summed E-state index contributed by atoms with van der Waals surface area (Å²) in [6, 6.07) is 2.04. The van der Waals surface area contributed by atoms with Gasteiger partial charge in [-0.1, -0.05) is 44.5 Å². The molecule has 2 rings (SSSR count). The van der Waals surface area contributed by atoms with E-state index < -0.39 is 41.3 Å². The molecular weight excluding hydrogens is 525 g/mol. The maximum absolute atomic E-state index is 13.4. The van der Waals surface area contributed by atoms with Gasteiger partial charge in [0.1, 0.15) is 12.1 Å². The third kappa shape index (κ3) is 7.93. The number of carboxylic acid groups (broad SMARTS) is 1. The molecule has 0 saturated carbocycles. The molecule has 1 radical (unpaired) electrons. The molecule has 3 amide bonds. The molecule has 9 nitrogen and oxygen atoms in total. The topological polar surface area (TPSA) is 140 Å². The fourth-order valence-corrected chi connectivity index (χ4v) is 3.82. The quantitative estimate of drug-likeness (QED) is 0.475. The van der Waals surface area contributed by atoms with Crippen LogP contribution in [0.3, 0.4) is 0 Å². The van der Waals surface area contributed by atoms with E-state index in [0.29, 0.717) is 19.4 Å². The molecule has 0 aliphatic carbocycles. The molecule has 1 aliphatic heterocycles. The number of likely N-dealkylation sites (tertiary alicyclic amines) is 1. The summed E-state index contributed by atoms with van der Waals surface area (Å²) in [6.07, 6.45) is 0.873. The number of aliphatic carboxylic acids is 1. The Morgan fingerprint density at radius 1 is 1.24 bits per heavy atom. The standard InChI is InChI=1S/C22H31ClN4O5.Y/c1-12(10-17(28)29)25-20(31)16-6-5-9-27(16)21(32)18(22(2,3)4)26-19(30)13-7-8-15(24)14(23)11-13;/h7-8,11-12,16,18H,5-6,9-10H2,1-4H3,(H5,24,25,26,28,29,30,31);/p-1/t12-,16+,18-;/m1./s1. The SMILES string of the molecule is C[C@H](CC(=O)O)NC(=O)[C@@H]1CCCN1C(=O)[C@@H](NC(=O)c1ccc([NH-])c(Cl)c1)C(C)(C)C.[Y]. The average Bonchev–Trinajstić information content (AvgIpc) is 3.16. The predicted molar refractivity (Wildman–Crippen MR) is 121 cm³/mol. The minimum Gasteiger partial charge on any atom is -0.698 e. The average molecular weight is 555 g/mol. The van der Waals surface area contributed by atoms with Crippen molar-refractivity contribution in [2.45, 2.75) is 65.1 Å². The van der Waals surface area contributed by atoms with Crippen molar-refractivity contribution in [3.63, 3.8) is 0 Å².